The van der Waals surface area contributed by atoms with Crippen molar-refractivity contribution in [3.63, 3.8) is 0 Å². The Morgan fingerprint density at radius 2 is 2.25 bits per heavy atom. The van der Waals surface area contributed by atoms with Crippen LogP contribution in [0.3, 0.4) is 0 Å². The highest BCUT2D eigenvalue weighted by atomic mass is 79.9. The van der Waals surface area contributed by atoms with E-state index in [4.69, 9.17) is 5.73 Å². The minimum absolute atomic E-state index is 0.0838. The van der Waals surface area contributed by atoms with E-state index >= 15 is 0 Å². The van der Waals surface area contributed by atoms with Crippen molar-refractivity contribution in [2.24, 2.45) is 5.92 Å². The van der Waals surface area contributed by atoms with Gasteiger partial charge in [0, 0.05) is 16.7 Å². The van der Waals surface area contributed by atoms with Crippen molar-refractivity contribution in [1.82, 2.24) is 5.32 Å². The summed E-state index contributed by atoms with van der Waals surface area (Å²) in [6.07, 6.45) is 3.71. The zero-order valence-electron chi connectivity index (χ0n) is 9.00. The number of benzene rings is 1. The van der Waals surface area contributed by atoms with Crippen molar-refractivity contribution in [3.8, 4) is 0 Å². The number of nitrogens with two attached hydrogens (primary N) is 1. The van der Waals surface area contributed by atoms with Crippen LogP contribution in [0.5, 0.6) is 0 Å². The highest BCUT2D eigenvalue weighted by Crippen LogP contribution is 2.31. The second kappa shape index (κ2) is 4.87. The third-order valence-electron chi connectivity index (χ3n) is 2.80. The predicted molar refractivity (Wildman–Crippen MR) is 68.2 cm³/mol. The third kappa shape index (κ3) is 2.98. The second-order valence-corrected chi connectivity index (χ2v) is 5.14. The lowest BCUT2D eigenvalue weighted by atomic mass is 10.1. The van der Waals surface area contributed by atoms with E-state index in [-0.39, 0.29) is 5.91 Å². The molecular formula is C12H15BrN2O. The van der Waals surface area contributed by atoms with Gasteiger partial charge < -0.3 is 11.1 Å². The molecular weight excluding hydrogens is 268 g/mol. The largest absolute Gasteiger partial charge is 0.398 e. The molecule has 1 fully saturated rings. The fourth-order valence-corrected chi connectivity index (χ4v) is 1.98. The van der Waals surface area contributed by atoms with Gasteiger partial charge in [0.15, 0.2) is 0 Å². The number of nitrogen functional groups attached to an aromatic ring is 1. The first-order valence-electron chi connectivity index (χ1n) is 5.50. The van der Waals surface area contributed by atoms with E-state index in [2.05, 4.69) is 21.2 Å². The normalized spacial score (nSPS) is 14.8. The second-order valence-electron chi connectivity index (χ2n) is 4.22. The fourth-order valence-electron chi connectivity index (χ4n) is 1.62. The molecule has 0 saturated heterocycles. The zero-order valence-corrected chi connectivity index (χ0v) is 10.6. The summed E-state index contributed by atoms with van der Waals surface area (Å²) in [6, 6.07) is 5.32. The maximum atomic E-state index is 11.8. The molecule has 1 aliphatic rings. The van der Waals surface area contributed by atoms with Gasteiger partial charge in [-0.15, -0.1) is 0 Å². The van der Waals surface area contributed by atoms with Gasteiger partial charge >= 0.3 is 0 Å². The van der Waals surface area contributed by atoms with Crippen molar-refractivity contribution < 1.29 is 4.79 Å². The molecule has 86 valence electrons. The maximum absolute atomic E-state index is 11.8. The van der Waals surface area contributed by atoms with Crippen LogP contribution >= 0.6 is 15.9 Å². The van der Waals surface area contributed by atoms with E-state index in [9.17, 15) is 4.79 Å². The average molecular weight is 283 g/mol. The van der Waals surface area contributed by atoms with Crippen LogP contribution in [-0.2, 0) is 0 Å². The molecule has 3 N–H and O–H groups in total. The molecule has 1 saturated carbocycles. The van der Waals surface area contributed by atoms with Gasteiger partial charge in [0.25, 0.3) is 5.91 Å². The van der Waals surface area contributed by atoms with Crippen LogP contribution in [0.15, 0.2) is 22.7 Å². The van der Waals surface area contributed by atoms with Crippen molar-refractivity contribution >= 4 is 27.5 Å². The van der Waals surface area contributed by atoms with Crippen molar-refractivity contribution in [3.05, 3.63) is 28.2 Å². The van der Waals surface area contributed by atoms with Crippen molar-refractivity contribution in [1.29, 1.82) is 0 Å². The summed E-state index contributed by atoms with van der Waals surface area (Å²) >= 11 is 3.33. The van der Waals surface area contributed by atoms with Crippen LogP contribution in [-0.4, -0.2) is 12.5 Å². The molecule has 16 heavy (non-hydrogen) atoms. The molecule has 0 bridgehead atoms. The highest BCUT2D eigenvalue weighted by molar-refractivity contribution is 9.10. The maximum Gasteiger partial charge on any atom is 0.253 e. The number of rotatable bonds is 4. The fraction of sp³-hybridized carbons (Fsp3) is 0.417. The standard InChI is InChI=1S/C12H15BrN2O/c13-9-3-4-11(14)10(7-9)12(16)15-6-5-8-1-2-8/h3-4,7-8H,1-2,5-6,14H2,(H,15,16). The number of carbonyl (C=O) groups is 1. The summed E-state index contributed by atoms with van der Waals surface area (Å²) in [5.41, 5.74) is 6.82. The quantitative estimate of drug-likeness (QED) is 0.834. The van der Waals surface area contributed by atoms with Crippen LogP contribution in [0.4, 0.5) is 5.69 Å². The predicted octanol–water partition coefficient (Wildman–Crippen LogP) is 2.56. The first-order chi connectivity index (χ1) is 7.66. The van der Waals surface area contributed by atoms with Gasteiger partial charge in [0.1, 0.15) is 0 Å². The monoisotopic (exact) mass is 282 g/mol. The van der Waals surface area contributed by atoms with Gasteiger partial charge in [-0.25, -0.2) is 0 Å². The Labute approximate surface area is 104 Å². The summed E-state index contributed by atoms with van der Waals surface area (Å²) in [7, 11) is 0. The Morgan fingerprint density at radius 1 is 1.50 bits per heavy atom. The Morgan fingerprint density at radius 3 is 2.94 bits per heavy atom. The van der Waals surface area contributed by atoms with Gasteiger partial charge in [0.2, 0.25) is 0 Å². The Kier molecular flexibility index (Phi) is 3.49. The number of amides is 1. The summed E-state index contributed by atoms with van der Waals surface area (Å²) in [5, 5.41) is 2.90. The number of nitrogens with one attached hydrogen (secondary N) is 1. The Bertz CT molecular complexity index is 402. The molecule has 1 aliphatic carbocycles. The number of hydrogen-bond acceptors (Lipinski definition) is 2. The molecule has 3 nitrogen and oxygen atoms in total. The molecule has 0 unspecified atom stereocenters. The van der Waals surface area contributed by atoms with Crippen LogP contribution in [0.2, 0.25) is 0 Å². The third-order valence-corrected chi connectivity index (χ3v) is 3.29. The first-order valence-corrected chi connectivity index (χ1v) is 6.29. The Balaban J connectivity index is 1.93. The number of hydrogen-bond donors (Lipinski definition) is 2. The molecule has 4 heteroatoms. The minimum atomic E-state index is -0.0838. The summed E-state index contributed by atoms with van der Waals surface area (Å²) in [6.45, 7) is 0.745. The van der Waals surface area contributed by atoms with Gasteiger partial charge in [-0.1, -0.05) is 28.8 Å². The molecule has 0 atom stereocenters. The lowest BCUT2D eigenvalue weighted by Gasteiger charge is -2.07. The van der Waals surface area contributed by atoms with Crippen LogP contribution < -0.4 is 11.1 Å². The van der Waals surface area contributed by atoms with Crippen LogP contribution in [0, 0.1) is 5.92 Å². The molecule has 0 aromatic heterocycles. The van der Waals surface area contributed by atoms with Gasteiger partial charge in [-0.3, -0.25) is 4.79 Å². The molecule has 1 amide bonds. The molecule has 1 aromatic rings. The van der Waals surface area contributed by atoms with E-state index in [1.165, 1.54) is 12.8 Å². The van der Waals surface area contributed by atoms with Crippen molar-refractivity contribution in [2.45, 2.75) is 19.3 Å². The van der Waals surface area contributed by atoms with E-state index in [1.807, 2.05) is 6.07 Å². The lowest BCUT2D eigenvalue weighted by molar-refractivity contribution is 0.0953. The summed E-state index contributed by atoms with van der Waals surface area (Å²) in [5.74, 6) is 0.750. The Hall–Kier alpha value is -1.03. The van der Waals surface area contributed by atoms with Gasteiger partial charge in [-0.2, -0.15) is 0 Å². The SMILES string of the molecule is Nc1ccc(Br)cc1C(=O)NCCC1CC1. The van der Waals surface area contributed by atoms with E-state index in [0.717, 1.165) is 23.4 Å². The molecule has 0 radical (unpaired) electrons. The topological polar surface area (TPSA) is 55.1 Å². The number of halogens is 1. The number of anilines is 1. The van der Waals surface area contributed by atoms with Crippen molar-refractivity contribution in [2.75, 3.05) is 12.3 Å². The van der Waals surface area contributed by atoms with Crippen LogP contribution in [0.25, 0.3) is 0 Å². The zero-order chi connectivity index (χ0) is 11.5. The van der Waals surface area contributed by atoms with Gasteiger partial charge in [0.05, 0.1) is 5.56 Å². The average Bonchev–Trinajstić information content (AvgIpc) is 3.05. The number of carbonyl (C=O) groups excluding carboxylic acids is 1. The van der Waals surface area contributed by atoms with E-state index in [0.29, 0.717) is 11.3 Å². The highest BCUT2D eigenvalue weighted by Gasteiger charge is 2.20. The molecule has 0 spiro atoms. The molecule has 0 aliphatic heterocycles. The molecule has 0 heterocycles. The molecule has 1 aromatic carbocycles. The molecule has 2 rings (SSSR count). The smallest absolute Gasteiger partial charge is 0.253 e. The summed E-state index contributed by atoms with van der Waals surface area (Å²) < 4.78 is 0.869. The van der Waals surface area contributed by atoms with E-state index < -0.39 is 0 Å². The summed E-state index contributed by atoms with van der Waals surface area (Å²) in [4.78, 5) is 11.8. The van der Waals surface area contributed by atoms with Crippen LogP contribution in [0.1, 0.15) is 29.6 Å². The first kappa shape index (κ1) is 11.5. The van der Waals surface area contributed by atoms with E-state index in [1.54, 1.807) is 12.1 Å². The minimum Gasteiger partial charge on any atom is -0.398 e. The lowest BCUT2D eigenvalue weighted by Crippen LogP contribution is -2.25. The van der Waals surface area contributed by atoms with Gasteiger partial charge in [-0.05, 0) is 30.5 Å².